The van der Waals surface area contributed by atoms with Crippen LogP contribution in [0.1, 0.15) is 0 Å². The molecule has 0 saturated carbocycles. The molecule has 0 aliphatic carbocycles. The first-order valence-electron chi connectivity index (χ1n) is 4.78. The second-order valence-electron chi connectivity index (χ2n) is 3.43. The van der Waals surface area contributed by atoms with E-state index < -0.39 is 0 Å². The van der Waals surface area contributed by atoms with Gasteiger partial charge in [0.25, 0.3) is 0 Å². The van der Waals surface area contributed by atoms with Crippen LogP contribution >= 0.6 is 11.6 Å². The van der Waals surface area contributed by atoms with Crippen LogP contribution in [0.3, 0.4) is 0 Å². The second-order valence-corrected chi connectivity index (χ2v) is 3.84. The monoisotopic (exact) mass is 225 g/mol. The van der Waals surface area contributed by atoms with Gasteiger partial charge in [-0.2, -0.15) is 0 Å². The molecule has 0 unspecified atom stereocenters. The smallest absolute Gasteiger partial charge is 0.319 e. The molecule has 2 amide bonds. The predicted octanol–water partition coefficient (Wildman–Crippen LogP) is 1.43. The van der Waals surface area contributed by atoms with Crippen LogP contribution in [0, 0.1) is 0 Å². The minimum Gasteiger partial charge on any atom is -0.333 e. The van der Waals surface area contributed by atoms with Crippen LogP contribution in [-0.2, 0) is 0 Å². The number of carbonyl (C=O) groups excluding carboxylic acids is 1. The average Bonchev–Trinajstić information content (AvgIpc) is 2.16. The Hall–Kier alpha value is -1.26. The first kappa shape index (κ1) is 10.3. The van der Waals surface area contributed by atoms with Gasteiger partial charge in [-0.15, -0.1) is 0 Å². The number of amides is 2. The van der Waals surface area contributed by atoms with Crippen molar-refractivity contribution in [3.05, 3.63) is 29.3 Å². The Balaban J connectivity index is 1.90. The van der Waals surface area contributed by atoms with Crippen LogP contribution < -0.4 is 16.0 Å². The van der Waals surface area contributed by atoms with Gasteiger partial charge >= 0.3 is 6.03 Å². The third kappa shape index (κ3) is 2.61. The molecule has 0 spiro atoms. The van der Waals surface area contributed by atoms with E-state index in [4.69, 9.17) is 11.6 Å². The number of nitrogens with one attached hydrogen (secondary N) is 3. The summed E-state index contributed by atoms with van der Waals surface area (Å²) in [5.41, 5.74) is 0.629. The molecule has 0 radical (unpaired) electrons. The number of benzene rings is 1. The van der Waals surface area contributed by atoms with E-state index in [1.807, 2.05) is 12.1 Å². The van der Waals surface area contributed by atoms with E-state index >= 15 is 0 Å². The van der Waals surface area contributed by atoms with Crippen LogP contribution in [0.2, 0.25) is 5.02 Å². The van der Waals surface area contributed by atoms with Gasteiger partial charge in [0.1, 0.15) is 0 Å². The van der Waals surface area contributed by atoms with Crippen molar-refractivity contribution < 1.29 is 4.79 Å². The molecule has 1 aromatic rings. The maximum absolute atomic E-state index is 11.5. The number of hydrogen-bond donors (Lipinski definition) is 3. The molecule has 0 bridgehead atoms. The highest BCUT2D eigenvalue weighted by Crippen LogP contribution is 2.20. The lowest BCUT2D eigenvalue weighted by molar-refractivity contribution is 0.243. The highest BCUT2D eigenvalue weighted by molar-refractivity contribution is 6.33. The molecule has 15 heavy (non-hydrogen) atoms. The van der Waals surface area contributed by atoms with Gasteiger partial charge in [-0.05, 0) is 12.1 Å². The fourth-order valence-corrected chi connectivity index (χ4v) is 1.48. The number of hydrogen-bond acceptors (Lipinski definition) is 2. The van der Waals surface area contributed by atoms with Crippen LogP contribution in [0.25, 0.3) is 0 Å². The number of para-hydroxylation sites is 1. The standard InChI is InChI=1S/C10H12ClN3O/c11-8-3-1-2-4-9(8)14-10(15)13-7-5-12-6-7/h1-4,7,12H,5-6H2,(H2,13,14,15). The average molecular weight is 226 g/mol. The van der Waals surface area contributed by atoms with E-state index in [2.05, 4.69) is 16.0 Å². The summed E-state index contributed by atoms with van der Waals surface area (Å²) >= 11 is 5.90. The highest BCUT2D eigenvalue weighted by atomic mass is 35.5. The quantitative estimate of drug-likeness (QED) is 0.713. The summed E-state index contributed by atoms with van der Waals surface area (Å²) < 4.78 is 0. The number of anilines is 1. The molecule has 2 rings (SSSR count). The van der Waals surface area contributed by atoms with Crippen molar-refractivity contribution in [3.8, 4) is 0 Å². The van der Waals surface area contributed by atoms with Crippen LogP contribution in [-0.4, -0.2) is 25.2 Å². The number of urea groups is 1. The first-order valence-corrected chi connectivity index (χ1v) is 5.16. The van der Waals surface area contributed by atoms with Gasteiger partial charge in [-0.25, -0.2) is 4.79 Å². The third-order valence-corrected chi connectivity index (χ3v) is 2.57. The molecule has 1 aliphatic heterocycles. The Labute approximate surface area is 93.0 Å². The normalized spacial score (nSPS) is 15.5. The van der Waals surface area contributed by atoms with Gasteiger partial charge in [0, 0.05) is 13.1 Å². The minimum absolute atomic E-state index is 0.213. The molecule has 3 N–H and O–H groups in total. The third-order valence-electron chi connectivity index (χ3n) is 2.24. The van der Waals surface area contributed by atoms with Crippen LogP contribution in [0.5, 0.6) is 0 Å². The summed E-state index contributed by atoms with van der Waals surface area (Å²) in [5.74, 6) is 0. The van der Waals surface area contributed by atoms with Crippen molar-refractivity contribution >= 4 is 23.3 Å². The van der Waals surface area contributed by atoms with Crippen molar-refractivity contribution in [2.24, 2.45) is 0 Å². The summed E-state index contributed by atoms with van der Waals surface area (Å²) in [7, 11) is 0. The summed E-state index contributed by atoms with van der Waals surface area (Å²) in [4.78, 5) is 11.5. The molecule has 4 nitrogen and oxygen atoms in total. The van der Waals surface area contributed by atoms with Gasteiger partial charge in [0.05, 0.1) is 16.8 Å². The molecule has 0 atom stereocenters. The molecule has 0 aromatic heterocycles. The molecular weight excluding hydrogens is 214 g/mol. The Bertz CT molecular complexity index is 365. The Morgan fingerprint density at radius 1 is 1.40 bits per heavy atom. The Morgan fingerprint density at radius 2 is 2.13 bits per heavy atom. The number of halogens is 1. The van der Waals surface area contributed by atoms with Crippen molar-refractivity contribution in [1.82, 2.24) is 10.6 Å². The van der Waals surface area contributed by atoms with Gasteiger partial charge in [0.2, 0.25) is 0 Å². The van der Waals surface area contributed by atoms with Gasteiger partial charge in [-0.1, -0.05) is 23.7 Å². The van der Waals surface area contributed by atoms with Crippen molar-refractivity contribution in [2.45, 2.75) is 6.04 Å². The summed E-state index contributed by atoms with van der Waals surface area (Å²) in [6, 6.07) is 7.17. The summed E-state index contributed by atoms with van der Waals surface area (Å²) in [5, 5.41) is 9.13. The zero-order chi connectivity index (χ0) is 10.7. The lowest BCUT2D eigenvalue weighted by Crippen LogP contribution is -2.57. The highest BCUT2D eigenvalue weighted by Gasteiger charge is 2.18. The largest absolute Gasteiger partial charge is 0.333 e. The van der Waals surface area contributed by atoms with Crippen LogP contribution in [0.4, 0.5) is 10.5 Å². The van der Waals surface area contributed by atoms with Gasteiger partial charge in [0.15, 0.2) is 0 Å². The van der Waals surface area contributed by atoms with E-state index in [1.54, 1.807) is 12.1 Å². The Morgan fingerprint density at radius 3 is 2.73 bits per heavy atom. The van der Waals surface area contributed by atoms with Crippen molar-refractivity contribution in [2.75, 3.05) is 18.4 Å². The molecule has 1 aromatic carbocycles. The van der Waals surface area contributed by atoms with Crippen molar-refractivity contribution in [1.29, 1.82) is 0 Å². The van der Waals surface area contributed by atoms with Crippen LogP contribution in [0.15, 0.2) is 24.3 Å². The molecule has 1 fully saturated rings. The lowest BCUT2D eigenvalue weighted by atomic mass is 10.2. The molecule has 80 valence electrons. The summed E-state index contributed by atoms with van der Waals surface area (Å²) in [6.45, 7) is 1.66. The van der Waals surface area contributed by atoms with Gasteiger partial charge in [-0.3, -0.25) is 0 Å². The maximum Gasteiger partial charge on any atom is 0.319 e. The Kier molecular flexibility index (Phi) is 3.08. The van der Waals surface area contributed by atoms with Gasteiger partial charge < -0.3 is 16.0 Å². The SMILES string of the molecule is O=C(Nc1ccccc1Cl)NC1CNC1. The molecule has 5 heteroatoms. The van der Waals surface area contributed by atoms with E-state index in [9.17, 15) is 4.79 Å². The number of rotatable bonds is 2. The van der Waals surface area contributed by atoms with Crippen molar-refractivity contribution in [3.63, 3.8) is 0 Å². The number of carbonyl (C=O) groups is 1. The predicted molar refractivity (Wildman–Crippen MR) is 60.3 cm³/mol. The molecule has 1 saturated heterocycles. The molecular formula is C10H12ClN3O. The second kappa shape index (κ2) is 4.51. The summed E-state index contributed by atoms with van der Waals surface area (Å²) in [6.07, 6.45) is 0. The zero-order valence-corrected chi connectivity index (χ0v) is 8.84. The molecule has 1 heterocycles. The topological polar surface area (TPSA) is 53.2 Å². The molecule has 1 aliphatic rings. The van der Waals surface area contributed by atoms with E-state index in [0.717, 1.165) is 13.1 Å². The van der Waals surface area contributed by atoms with E-state index in [0.29, 0.717) is 10.7 Å². The zero-order valence-electron chi connectivity index (χ0n) is 8.09. The first-order chi connectivity index (χ1) is 7.25. The van der Waals surface area contributed by atoms with E-state index in [1.165, 1.54) is 0 Å². The lowest BCUT2D eigenvalue weighted by Gasteiger charge is -2.27. The fraction of sp³-hybridized carbons (Fsp3) is 0.300. The minimum atomic E-state index is -0.213. The van der Waals surface area contributed by atoms with E-state index in [-0.39, 0.29) is 12.1 Å². The fourth-order valence-electron chi connectivity index (χ4n) is 1.30. The maximum atomic E-state index is 11.5.